The molecule has 1 unspecified atom stereocenters. The van der Waals surface area contributed by atoms with Gasteiger partial charge in [-0.1, -0.05) is 43.1 Å². The van der Waals surface area contributed by atoms with Gasteiger partial charge in [-0.25, -0.2) is 0 Å². The summed E-state index contributed by atoms with van der Waals surface area (Å²) in [7, 11) is 0. The van der Waals surface area contributed by atoms with Crippen LogP contribution < -0.4 is 5.73 Å². The second-order valence-corrected chi connectivity index (χ2v) is 6.02. The number of nitrogens with two attached hydrogens (primary N) is 1. The molecule has 3 nitrogen and oxygen atoms in total. The van der Waals surface area contributed by atoms with Gasteiger partial charge in [0.1, 0.15) is 0 Å². The van der Waals surface area contributed by atoms with Crippen LogP contribution >= 0.6 is 23.2 Å². The highest BCUT2D eigenvalue weighted by atomic mass is 35.5. The lowest BCUT2D eigenvalue weighted by molar-refractivity contribution is -0.117. The van der Waals surface area contributed by atoms with Crippen molar-refractivity contribution in [2.75, 3.05) is 0 Å². The molecule has 1 aliphatic carbocycles. The standard InChI is InChI=1S/C14H15Cl2NO2/c1-3-14(2)6-8-4-7(5-9(17)18)11(15)12(16)10(8)13(14)19/h4H,3,5-6H2,1-2H3,(H2,17,18). The first-order valence-corrected chi connectivity index (χ1v) is 6.88. The fraction of sp³-hybridized carbons (Fsp3) is 0.429. The molecule has 2 N–H and O–H groups in total. The predicted octanol–water partition coefficient (Wildman–Crippen LogP) is 3.18. The van der Waals surface area contributed by atoms with Gasteiger partial charge in [0.05, 0.1) is 16.5 Å². The Morgan fingerprint density at radius 2 is 2.05 bits per heavy atom. The number of amides is 1. The van der Waals surface area contributed by atoms with Gasteiger partial charge >= 0.3 is 0 Å². The topological polar surface area (TPSA) is 60.2 Å². The molecule has 0 spiro atoms. The molecule has 0 aromatic heterocycles. The number of hydrogen-bond donors (Lipinski definition) is 1. The summed E-state index contributed by atoms with van der Waals surface area (Å²) in [5.41, 5.74) is 6.71. The van der Waals surface area contributed by atoms with Crippen molar-refractivity contribution >= 4 is 34.9 Å². The van der Waals surface area contributed by atoms with Crippen LogP contribution in [0, 0.1) is 5.41 Å². The summed E-state index contributed by atoms with van der Waals surface area (Å²) < 4.78 is 0. The molecule has 0 fully saturated rings. The second-order valence-electron chi connectivity index (χ2n) is 5.26. The fourth-order valence-corrected chi connectivity index (χ4v) is 3.07. The van der Waals surface area contributed by atoms with E-state index in [1.807, 2.05) is 13.8 Å². The van der Waals surface area contributed by atoms with Crippen LogP contribution in [-0.4, -0.2) is 11.7 Å². The number of Topliss-reactive ketones (excluding diaryl/α,β-unsaturated/α-hetero) is 1. The molecule has 0 bridgehead atoms. The third-order valence-corrected chi connectivity index (χ3v) is 4.77. The van der Waals surface area contributed by atoms with Gasteiger partial charge in [0.25, 0.3) is 0 Å². The Kier molecular flexibility index (Phi) is 3.63. The van der Waals surface area contributed by atoms with Crippen molar-refractivity contribution in [3.05, 3.63) is 32.8 Å². The van der Waals surface area contributed by atoms with E-state index in [1.54, 1.807) is 6.07 Å². The Labute approximate surface area is 122 Å². The average molecular weight is 300 g/mol. The Hall–Kier alpha value is -1.06. The number of carbonyl (C=O) groups excluding carboxylic acids is 2. The Morgan fingerprint density at radius 1 is 1.42 bits per heavy atom. The van der Waals surface area contributed by atoms with Gasteiger partial charge < -0.3 is 5.73 Å². The molecule has 0 aliphatic heterocycles. The average Bonchev–Trinajstić information content (AvgIpc) is 2.58. The van der Waals surface area contributed by atoms with Crippen LogP contribution in [0.3, 0.4) is 0 Å². The fourth-order valence-electron chi connectivity index (χ4n) is 2.53. The van der Waals surface area contributed by atoms with Crippen molar-refractivity contribution < 1.29 is 9.59 Å². The van der Waals surface area contributed by atoms with E-state index in [2.05, 4.69) is 0 Å². The number of benzene rings is 1. The summed E-state index contributed by atoms with van der Waals surface area (Å²) in [6.45, 7) is 3.90. The van der Waals surface area contributed by atoms with Crippen LogP contribution in [0.25, 0.3) is 0 Å². The molecule has 19 heavy (non-hydrogen) atoms. The lowest BCUT2D eigenvalue weighted by Crippen LogP contribution is -2.22. The molecule has 1 amide bonds. The van der Waals surface area contributed by atoms with Gasteiger partial charge in [-0.2, -0.15) is 0 Å². The molecule has 1 aromatic rings. The SMILES string of the molecule is CCC1(C)Cc2cc(CC(N)=O)c(Cl)c(Cl)c2C1=O. The number of halogens is 2. The molecule has 1 aliphatic rings. The normalized spacial score (nSPS) is 21.6. The van der Waals surface area contributed by atoms with Gasteiger partial charge in [-0.15, -0.1) is 0 Å². The van der Waals surface area contributed by atoms with Gasteiger partial charge in [-0.3, -0.25) is 9.59 Å². The van der Waals surface area contributed by atoms with Crippen LogP contribution in [0.4, 0.5) is 0 Å². The molecule has 0 saturated carbocycles. The summed E-state index contributed by atoms with van der Waals surface area (Å²) in [5, 5.41) is 0.505. The van der Waals surface area contributed by atoms with Crippen molar-refractivity contribution in [1.82, 2.24) is 0 Å². The first-order chi connectivity index (χ1) is 8.80. The van der Waals surface area contributed by atoms with Crippen molar-refractivity contribution in [2.45, 2.75) is 33.1 Å². The maximum absolute atomic E-state index is 12.4. The van der Waals surface area contributed by atoms with E-state index in [1.165, 1.54) is 0 Å². The largest absolute Gasteiger partial charge is 0.369 e. The molecule has 2 rings (SSSR count). The number of hydrogen-bond acceptors (Lipinski definition) is 2. The first kappa shape index (κ1) is 14.4. The number of carbonyl (C=O) groups is 2. The highest BCUT2D eigenvalue weighted by Gasteiger charge is 2.42. The van der Waals surface area contributed by atoms with E-state index in [-0.39, 0.29) is 22.2 Å². The quantitative estimate of drug-likeness (QED) is 0.932. The van der Waals surface area contributed by atoms with E-state index >= 15 is 0 Å². The van der Waals surface area contributed by atoms with Crippen molar-refractivity contribution in [1.29, 1.82) is 0 Å². The van der Waals surface area contributed by atoms with Crippen molar-refractivity contribution in [3.63, 3.8) is 0 Å². The zero-order chi connectivity index (χ0) is 14.4. The maximum atomic E-state index is 12.4. The van der Waals surface area contributed by atoms with E-state index in [4.69, 9.17) is 28.9 Å². The maximum Gasteiger partial charge on any atom is 0.221 e. The minimum Gasteiger partial charge on any atom is -0.369 e. The predicted molar refractivity (Wildman–Crippen MR) is 75.8 cm³/mol. The van der Waals surface area contributed by atoms with E-state index in [9.17, 15) is 9.59 Å². The Morgan fingerprint density at radius 3 is 2.58 bits per heavy atom. The molecule has 1 atom stereocenters. The molecule has 0 heterocycles. The molecule has 0 saturated heterocycles. The summed E-state index contributed by atoms with van der Waals surface area (Å²) in [4.78, 5) is 23.5. The van der Waals surface area contributed by atoms with E-state index < -0.39 is 11.3 Å². The molecule has 102 valence electrons. The second kappa shape index (κ2) is 4.80. The third kappa shape index (κ3) is 2.26. The molecular formula is C14H15Cl2NO2. The van der Waals surface area contributed by atoms with Crippen molar-refractivity contribution in [3.8, 4) is 0 Å². The monoisotopic (exact) mass is 299 g/mol. The van der Waals surface area contributed by atoms with E-state index in [0.29, 0.717) is 17.5 Å². The van der Waals surface area contributed by atoms with Crippen LogP contribution in [0.1, 0.15) is 41.8 Å². The summed E-state index contributed by atoms with van der Waals surface area (Å²) in [6, 6.07) is 1.78. The third-order valence-electron chi connectivity index (χ3n) is 3.86. The number of rotatable bonds is 3. The van der Waals surface area contributed by atoms with Gasteiger partial charge in [0.2, 0.25) is 5.91 Å². The molecule has 1 aromatic carbocycles. The lowest BCUT2D eigenvalue weighted by Gasteiger charge is -2.18. The zero-order valence-electron chi connectivity index (χ0n) is 10.8. The van der Waals surface area contributed by atoms with Gasteiger partial charge in [0, 0.05) is 11.0 Å². The number of fused-ring (bicyclic) bond motifs is 1. The highest BCUT2D eigenvalue weighted by Crippen LogP contribution is 2.45. The zero-order valence-corrected chi connectivity index (χ0v) is 12.4. The summed E-state index contributed by atoms with van der Waals surface area (Å²) in [6.07, 6.45) is 1.39. The molecular weight excluding hydrogens is 285 g/mol. The smallest absolute Gasteiger partial charge is 0.221 e. The van der Waals surface area contributed by atoms with Crippen molar-refractivity contribution in [2.24, 2.45) is 11.1 Å². The van der Waals surface area contributed by atoms with Crippen LogP contribution in [0.15, 0.2) is 6.07 Å². The lowest BCUT2D eigenvalue weighted by atomic mass is 9.83. The Bertz CT molecular complexity index is 583. The Balaban J connectivity index is 2.58. The van der Waals surface area contributed by atoms with Crippen LogP contribution in [0.2, 0.25) is 10.0 Å². The highest BCUT2D eigenvalue weighted by molar-refractivity contribution is 6.45. The number of ketones is 1. The minimum absolute atomic E-state index is 0.0301. The summed E-state index contributed by atoms with van der Waals surface area (Å²) >= 11 is 12.3. The summed E-state index contributed by atoms with van der Waals surface area (Å²) in [5.74, 6) is -0.442. The van der Waals surface area contributed by atoms with E-state index in [0.717, 1.165) is 12.0 Å². The van der Waals surface area contributed by atoms with Crippen LogP contribution in [-0.2, 0) is 17.6 Å². The molecule has 5 heteroatoms. The number of primary amides is 1. The molecule has 0 radical (unpaired) electrons. The minimum atomic E-state index is -0.472. The van der Waals surface area contributed by atoms with Crippen LogP contribution in [0.5, 0.6) is 0 Å². The first-order valence-electron chi connectivity index (χ1n) is 6.13. The van der Waals surface area contributed by atoms with Gasteiger partial charge in [0.15, 0.2) is 5.78 Å². The van der Waals surface area contributed by atoms with Gasteiger partial charge in [-0.05, 0) is 24.0 Å².